The summed E-state index contributed by atoms with van der Waals surface area (Å²) in [6.07, 6.45) is 2.44. The second kappa shape index (κ2) is 7.59. The summed E-state index contributed by atoms with van der Waals surface area (Å²) in [6.45, 7) is 2.29. The smallest absolute Gasteiger partial charge is 0.258 e. The van der Waals surface area contributed by atoms with E-state index < -0.39 is 0 Å². The van der Waals surface area contributed by atoms with E-state index in [-0.39, 0.29) is 24.1 Å². The lowest BCUT2D eigenvalue weighted by atomic mass is 10.2. The zero-order valence-corrected chi connectivity index (χ0v) is 13.8. The first-order chi connectivity index (χ1) is 11.7. The molecule has 0 N–H and O–H groups in total. The molecule has 1 amide bonds. The van der Waals surface area contributed by atoms with Gasteiger partial charge in [0.25, 0.3) is 5.56 Å². The van der Waals surface area contributed by atoms with Crippen LogP contribution in [0.25, 0.3) is 10.8 Å². The average molecular weight is 330 g/mol. The molecular formula is C18H22N2O4. The first-order valence-electron chi connectivity index (χ1n) is 8.15. The number of rotatable bonds is 5. The van der Waals surface area contributed by atoms with Crippen molar-refractivity contribution in [3.8, 4) is 0 Å². The third kappa shape index (κ3) is 3.66. The molecule has 0 saturated carbocycles. The van der Waals surface area contributed by atoms with E-state index in [1.54, 1.807) is 24.3 Å². The number of aromatic nitrogens is 1. The fourth-order valence-corrected chi connectivity index (χ4v) is 2.97. The minimum Gasteiger partial charge on any atom is -0.385 e. The topological polar surface area (TPSA) is 60.8 Å². The minimum atomic E-state index is -0.134. The van der Waals surface area contributed by atoms with Crippen molar-refractivity contribution in [2.24, 2.45) is 0 Å². The molecule has 0 bridgehead atoms. The van der Waals surface area contributed by atoms with Gasteiger partial charge in [-0.3, -0.25) is 9.59 Å². The second-order valence-electron chi connectivity index (χ2n) is 5.95. The summed E-state index contributed by atoms with van der Waals surface area (Å²) >= 11 is 0. The summed E-state index contributed by atoms with van der Waals surface area (Å²) in [4.78, 5) is 26.8. The van der Waals surface area contributed by atoms with Crippen molar-refractivity contribution < 1.29 is 14.3 Å². The Kier molecular flexibility index (Phi) is 5.27. The number of amides is 1. The van der Waals surface area contributed by atoms with Gasteiger partial charge >= 0.3 is 0 Å². The minimum absolute atomic E-state index is 0.00373. The van der Waals surface area contributed by atoms with Gasteiger partial charge in [-0.2, -0.15) is 0 Å². The molecule has 1 atom stereocenters. The Balaban J connectivity index is 1.70. The zero-order valence-electron chi connectivity index (χ0n) is 13.8. The Morgan fingerprint density at radius 1 is 1.33 bits per heavy atom. The summed E-state index contributed by atoms with van der Waals surface area (Å²) in [5, 5.41) is 1.52. The number of methoxy groups -OCH3 is 1. The monoisotopic (exact) mass is 330 g/mol. The molecule has 1 aromatic carbocycles. The van der Waals surface area contributed by atoms with Crippen molar-refractivity contribution >= 4 is 16.7 Å². The molecule has 1 aliphatic heterocycles. The van der Waals surface area contributed by atoms with Gasteiger partial charge in [-0.25, -0.2) is 0 Å². The fraction of sp³-hybridized carbons (Fsp3) is 0.444. The van der Waals surface area contributed by atoms with Crippen molar-refractivity contribution in [1.29, 1.82) is 0 Å². The Labute approximate surface area is 140 Å². The van der Waals surface area contributed by atoms with Crippen LogP contribution < -0.4 is 5.56 Å². The van der Waals surface area contributed by atoms with E-state index in [0.717, 1.165) is 11.8 Å². The van der Waals surface area contributed by atoms with E-state index in [1.807, 2.05) is 24.3 Å². The number of morpholine rings is 1. The molecule has 0 spiro atoms. The molecule has 2 aromatic rings. The summed E-state index contributed by atoms with van der Waals surface area (Å²) in [5.41, 5.74) is -0.134. The van der Waals surface area contributed by atoms with E-state index in [4.69, 9.17) is 9.47 Å². The summed E-state index contributed by atoms with van der Waals surface area (Å²) in [5.74, 6) is -0.0573. The Bertz CT molecular complexity index is 771. The average Bonchev–Trinajstić information content (AvgIpc) is 2.62. The normalized spacial score (nSPS) is 18.0. The highest BCUT2D eigenvalue weighted by atomic mass is 16.5. The van der Waals surface area contributed by atoms with Crippen molar-refractivity contribution in [2.45, 2.75) is 19.1 Å². The SMILES string of the molecule is COCC[C@@H]1CN(C(=O)Cn2ccc3ccccc3c2=O)CCO1. The van der Waals surface area contributed by atoms with Crippen LogP contribution in [0.1, 0.15) is 6.42 Å². The van der Waals surface area contributed by atoms with Crippen LogP contribution in [0.4, 0.5) is 0 Å². The van der Waals surface area contributed by atoms with Crippen molar-refractivity contribution in [3.05, 3.63) is 46.9 Å². The van der Waals surface area contributed by atoms with Crippen LogP contribution in [0.3, 0.4) is 0 Å². The second-order valence-corrected chi connectivity index (χ2v) is 5.95. The summed E-state index contributed by atoms with van der Waals surface area (Å²) in [6, 6.07) is 9.27. The number of benzene rings is 1. The predicted molar refractivity (Wildman–Crippen MR) is 91.0 cm³/mol. The molecule has 128 valence electrons. The fourth-order valence-electron chi connectivity index (χ4n) is 2.97. The number of ether oxygens (including phenoxy) is 2. The summed E-state index contributed by atoms with van der Waals surface area (Å²) < 4.78 is 12.2. The molecule has 0 aliphatic carbocycles. The molecular weight excluding hydrogens is 308 g/mol. The molecule has 24 heavy (non-hydrogen) atoms. The standard InChI is InChI=1S/C18H22N2O4/c1-23-10-7-15-12-19(9-11-24-15)17(21)13-20-8-6-14-4-2-3-5-16(14)18(20)22/h2-6,8,15H,7,9-13H2,1H3/t15-/m1/s1. The van der Waals surface area contributed by atoms with Gasteiger partial charge in [-0.05, 0) is 23.9 Å². The van der Waals surface area contributed by atoms with Gasteiger partial charge in [-0.15, -0.1) is 0 Å². The number of fused-ring (bicyclic) bond motifs is 1. The molecule has 2 heterocycles. The molecule has 0 unspecified atom stereocenters. The maximum absolute atomic E-state index is 12.6. The Hall–Kier alpha value is -2.18. The van der Waals surface area contributed by atoms with Gasteiger partial charge in [0, 0.05) is 38.4 Å². The van der Waals surface area contributed by atoms with Crippen molar-refractivity contribution in [3.63, 3.8) is 0 Å². The highest BCUT2D eigenvalue weighted by molar-refractivity contribution is 5.82. The van der Waals surface area contributed by atoms with Crippen molar-refractivity contribution in [2.75, 3.05) is 33.4 Å². The molecule has 1 aromatic heterocycles. The molecule has 3 rings (SSSR count). The van der Waals surface area contributed by atoms with E-state index in [1.165, 1.54) is 4.57 Å². The summed E-state index contributed by atoms with van der Waals surface area (Å²) in [7, 11) is 1.65. The molecule has 1 fully saturated rings. The van der Waals surface area contributed by atoms with Crippen LogP contribution in [0, 0.1) is 0 Å². The lowest BCUT2D eigenvalue weighted by Crippen LogP contribution is -2.47. The van der Waals surface area contributed by atoms with Crippen LogP contribution >= 0.6 is 0 Å². The molecule has 1 aliphatic rings. The molecule has 6 nitrogen and oxygen atoms in total. The molecule has 0 radical (unpaired) electrons. The van der Waals surface area contributed by atoms with Crippen LogP contribution in [0.2, 0.25) is 0 Å². The van der Waals surface area contributed by atoms with Gasteiger partial charge in [-0.1, -0.05) is 18.2 Å². The van der Waals surface area contributed by atoms with Crippen LogP contribution in [0.5, 0.6) is 0 Å². The number of hydrogen-bond donors (Lipinski definition) is 0. The van der Waals surface area contributed by atoms with Crippen LogP contribution in [0.15, 0.2) is 41.3 Å². The van der Waals surface area contributed by atoms with E-state index in [2.05, 4.69) is 0 Å². The predicted octanol–water partition coefficient (Wildman–Crippen LogP) is 1.27. The highest BCUT2D eigenvalue weighted by Crippen LogP contribution is 2.11. The zero-order chi connectivity index (χ0) is 16.9. The highest BCUT2D eigenvalue weighted by Gasteiger charge is 2.24. The third-order valence-corrected chi connectivity index (χ3v) is 4.33. The first-order valence-corrected chi connectivity index (χ1v) is 8.15. The molecule has 6 heteroatoms. The number of hydrogen-bond acceptors (Lipinski definition) is 4. The van der Waals surface area contributed by atoms with Gasteiger partial charge < -0.3 is 18.9 Å². The lowest BCUT2D eigenvalue weighted by Gasteiger charge is -2.33. The third-order valence-electron chi connectivity index (χ3n) is 4.33. The largest absolute Gasteiger partial charge is 0.385 e. The quantitative estimate of drug-likeness (QED) is 0.828. The van der Waals surface area contributed by atoms with E-state index in [0.29, 0.717) is 31.7 Å². The van der Waals surface area contributed by atoms with Crippen LogP contribution in [-0.2, 0) is 20.8 Å². The van der Waals surface area contributed by atoms with Crippen molar-refractivity contribution in [1.82, 2.24) is 9.47 Å². The van der Waals surface area contributed by atoms with Gasteiger partial charge in [0.15, 0.2) is 0 Å². The van der Waals surface area contributed by atoms with E-state index in [9.17, 15) is 9.59 Å². The van der Waals surface area contributed by atoms with Gasteiger partial charge in [0.05, 0.1) is 12.7 Å². The number of nitrogens with zero attached hydrogens (tertiary/aromatic N) is 2. The Morgan fingerprint density at radius 3 is 3.00 bits per heavy atom. The number of pyridine rings is 1. The number of carbonyl (C=O) groups excluding carboxylic acids is 1. The van der Waals surface area contributed by atoms with Crippen LogP contribution in [-0.4, -0.2) is 54.9 Å². The maximum atomic E-state index is 12.6. The lowest BCUT2D eigenvalue weighted by molar-refractivity contribution is -0.140. The molecule has 1 saturated heterocycles. The maximum Gasteiger partial charge on any atom is 0.258 e. The first kappa shape index (κ1) is 16.7. The van der Waals surface area contributed by atoms with Gasteiger partial charge in [0.1, 0.15) is 6.54 Å². The van der Waals surface area contributed by atoms with Gasteiger partial charge in [0.2, 0.25) is 5.91 Å². The Morgan fingerprint density at radius 2 is 2.17 bits per heavy atom. The van der Waals surface area contributed by atoms with E-state index >= 15 is 0 Å². The number of carbonyl (C=O) groups is 1.